The Morgan fingerprint density at radius 1 is 1.19 bits per heavy atom. The van der Waals surface area contributed by atoms with Gasteiger partial charge in [0.15, 0.2) is 5.65 Å². The number of halogens is 1. The predicted octanol–water partition coefficient (Wildman–Crippen LogP) is 2.59. The van der Waals surface area contributed by atoms with E-state index in [1.54, 1.807) is 12.3 Å². The molecule has 1 atom stereocenters. The molecule has 0 aliphatic carbocycles. The van der Waals surface area contributed by atoms with Gasteiger partial charge in [-0.15, -0.1) is 0 Å². The number of fused-ring (bicyclic) bond motifs is 1. The molecule has 1 aliphatic heterocycles. The smallest absolute Gasteiger partial charge is 0.157 e. The van der Waals surface area contributed by atoms with E-state index in [0.29, 0.717) is 18.2 Å². The van der Waals surface area contributed by atoms with E-state index in [4.69, 9.17) is 0 Å². The van der Waals surface area contributed by atoms with Crippen molar-refractivity contribution in [2.75, 3.05) is 24.5 Å². The van der Waals surface area contributed by atoms with E-state index in [0.717, 1.165) is 42.5 Å². The molecule has 0 spiro atoms. The van der Waals surface area contributed by atoms with Crippen LogP contribution < -0.4 is 4.90 Å². The van der Waals surface area contributed by atoms with Gasteiger partial charge >= 0.3 is 0 Å². The van der Waals surface area contributed by atoms with Crippen molar-refractivity contribution < 1.29 is 4.39 Å². The molecule has 4 rings (SSSR count). The molecular formula is C19H23FN6. The molecule has 0 N–H and O–H groups in total. The second-order valence-corrected chi connectivity index (χ2v) is 7.04. The lowest BCUT2D eigenvalue weighted by Gasteiger charge is -2.40. The van der Waals surface area contributed by atoms with E-state index in [2.05, 4.69) is 37.9 Å². The predicted molar refractivity (Wildman–Crippen MR) is 98.7 cm³/mol. The Hall–Kier alpha value is -2.54. The van der Waals surface area contributed by atoms with Crippen LogP contribution in [0, 0.1) is 19.7 Å². The van der Waals surface area contributed by atoms with Crippen LogP contribution in [-0.2, 0) is 6.54 Å². The standard InChI is InChI=1S/C19H23FN6/c1-13-9-19(26-18(22-13)8-14(2)23-26)25-7-6-24(15(3)11-25)12-16-4-5-21-10-17(16)20/h4-5,8-10,15H,6-7,11-12H2,1-3H3. The quantitative estimate of drug-likeness (QED) is 0.724. The van der Waals surface area contributed by atoms with Gasteiger partial charge in [-0.05, 0) is 26.8 Å². The fourth-order valence-electron chi connectivity index (χ4n) is 3.61. The number of rotatable bonds is 3. The second kappa shape index (κ2) is 6.64. The van der Waals surface area contributed by atoms with Gasteiger partial charge in [0.05, 0.1) is 11.9 Å². The lowest BCUT2D eigenvalue weighted by molar-refractivity contribution is 0.178. The first-order chi connectivity index (χ1) is 12.5. The molecule has 26 heavy (non-hydrogen) atoms. The van der Waals surface area contributed by atoms with E-state index >= 15 is 0 Å². The number of piperazine rings is 1. The van der Waals surface area contributed by atoms with Crippen molar-refractivity contribution in [1.82, 2.24) is 24.5 Å². The van der Waals surface area contributed by atoms with Crippen molar-refractivity contribution >= 4 is 11.5 Å². The number of nitrogens with zero attached hydrogens (tertiary/aromatic N) is 6. The van der Waals surface area contributed by atoms with E-state index in [9.17, 15) is 4.39 Å². The van der Waals surface area contributed by atoms with E-state index < -0.39 is 0 Å². The zero-order valence-electron chi connectivity index (χ0n) is 15.4. The van der Waals surface area contributed by atoms with Gasteiger partial charge in [0.1, 0.15) is 11.6 Å². The number of hydrogen-bond donors (Lipinski definition) is 0. The van der Waals surface area contributed by atoms with Crippen LogP contribution in [0.15, 0.2) is 30.6 Å². The van der Waals surface area contributed by atoms with Crippen LogP contribution in [0.2, 0.25) is 0 Å². The summed E-state index contributed by atoms with van der Waals surface area (Å²) in [6.45, 7) is 9.39. The largest absolute Gasteiger partial charge is 0.354 e. The maximum Gasteiger partial charge on any atom is 0.157 e. The molecule has 3 aromatic heterocycles. The molecular weight excluding hydrogens is 331 g/mol. The SMILES string of the molecule is Cc1cc(N2CCN(Cc3ccncc3F)C(C)C2)n2nc(C)cc2n1. The van der Waals surface area contributed by atoms with Gasteiger partial charge in [-0.2, -0.15) is 9.61 Å². The van der Waals surface area contributed by atoms with Crippen LogP contribution in [0.1, 0.15) is 23.9 Å². The van der Waals surface area contributed by atoms with Crippen LogP contribution in [0.3, 0.4) is 0 Å². The number of aromatic nitrogens is 4. The van der Waals surface area contributed by atoms with E-state index in [-0.39, 0.29) is 5.82 Å². The minimum atomic E-state index is -0.236. The Morgan fingerprint density at radius 3 is 2.81 bits per heavy atom. The molecule has 1 aliphatic rings. The van der Waals surface area contributed by atoms with Gasteiger partial charge < -0.3 is 4.90 Å². The van der Waals surface area contributed by atoms with Gasteiger partial charge in [0, 0.05) is 61.8 Å². The van der Waals surface area contributed by atoms with Crippen LogP contribution in [0.4, 0.5) is 10.2 Å². The third-order valence-electron chi connectivity index (χ3n) is 4.98. The van der Waals surface area contributed by atoms with Crippen molar-refractivity contribution in [2.45, 2.75) is 33.4 Å². The lowest BCUT2D eigenvalue weighted by Crippen LogP contribution is -2.52. The molecule has 4 heterocycles. The summed E-state index contributed by atoms with van der Waals surface area (Å²) < 4.78 is 15.8. The van der Waals surface area contributed by atoms with Crippen LogP contribution >= 0.6 is 0 Å². The third kappa shape index (κ3) is 3.14. The monoisotopic (exact) mass is 354 g/mol. The number of aryl methyl sites for hydroxylation is 2. The molecule has 7 heteroatoms. The maximum atomic E-state index is 13.9. The Kier molecular flexibility index (Phi) is 4.32. The first kappa shape index (κ1) is 16.9. The van der Waals surface area contributed by atoms with Crippen molar-refractivity contribution in [1.29, 1.82) is 0 Å². The summed E-state index contributed by atoms with van der Waals surface area (Å²) in [5, 5.41) is 4.60. The minimum Gasteiger partial charge on any atom is -0.354 e. The lowest BCUT2D eigenvalue weighted by atomic mass is 10.1. The van der Waals surface area contributed by atoms with Gasteiger partial charge in [0.2, 0.25) is 0 Å². The van der Waals surface area contributed by atoms with Crippen LogP contribution in [0.5, 0.6) is 0 Å². The van der Waals surface area contributed by atoms with E-state index in [1.807, 2.05) is 24.4 Å². The number of hydrogen-bond acceptors (Lipinski definition) is 5. The third-order valence-corrected chi connectivity index (χ3v) is 4.98. The fraction of sp³-hybridized carbons (Fsp3) is 0.421. The van der Waals surface area contributed by atoms with Gasteiger partial charge in [-0.3, -0.25) is 9.88 Å². The fourth-order valence-corrected chi connectivity index (χ4v) is 3.61. The molecule has 1 unspecified atom stereocenters. The Balaban J connectivity index is 1.55. The normalized spacial score (nSPS) is 18.6. The van der Waals surface area contributed by atoms with Gasteiger partial charge in [-0.1, -0.05) is 0 Å². The highest BCUT2D eigenvalue weighted by atomic mass is 19.1. The highest BCUT2D eigenvalue weighted by Crippen LogP contribution is 2.23. The summed E-state index contributed by atoms with van der Waals surface area (Å²) in [7, 11) is 0. The molecule has 3 aromatic rings. The average Bonchev–Trinajstić information content (AvgIpc) is 2.97. The summed E-state index contributed by atoms with van der Waals surface area (Å²) >= 11 is 0. The molecule has 136 valence electrons. The number of pyridine rings is 1. The number of anilines is 1. The Morgan fingerprint density at radius 2 is 2.04 bits per heavy atom. The average molecular weight is 354 g/mol. The topological polar surface area (TPSA) is 49.6 Å². The molecule has 1 fully saturated rings. The molecule has 6 nitrogen and oxygen atoms in total. The first-order valence-electron chi connectivity index (χ1n) is 8.92. The first-order valence-corrected chi connectivity index (χ1v) is 8.92. The summed E-state index contributed by atoms with van der Waals surface area (Å²) in [6, 6.07) is 6.15. The molecule has 1 saturated heterocycles. The summed E-state index contributed by atoms with van der Waals surface area (Å²) in [6.07, 6.45) is 2.93. The highest BCUT2D eigenvalue weighted by molar-refractivity contribution is 5.52. The molecule has 0 aromatic carbocycles. The summed E-state index contributed by atoms with van der Waals surface area (Å²) in [4.78, 5) is 13.1. The van der Waals surface area contributed by atoms with Crippen LogP contribution in [-0.4, -0.2) is 50.2 Å². The zero-order chi connectivity index (χ0) is 18.3. The second-order valence-electron chi connectivity index (χ2n) is 7.04. The molecule has 0 saturated carbocycles. The zero-order valence-corrected chi connectivity index (χ0v) is 15.4. The van der Waals surface area contributed by atoms with Crippen molar-refractivity contribution in [3.8, 4) is 0 Å². The van der Waals surface area contributed by atoms with E-state index in [1.165, 1.54) is 6.20 Å². The Bertz CT molecular complexity index is 937. The van der Waals surface area contributed by atoms with Crippen LogP contribution in [0.25, 0.3) is 5.65 Å². The Labute approximate surface area is 152 Å². The van der Waals surface area contributed by atoms with Gasteiger partial charge in [0.25, 0.3) is 0 Å². The molecule has 0 radical (unpaired) electrons. The van der Waals surface area contributed by atoms with Crippen molar-refractivity contribution in [3.63, 3.8) is 0 Å². The highest BCUT2D eigenvalue weighted by Gasteiger charge is 2.26. The summed E-state index contributed by atoms with van der Waals surface area (Å²) in [5.41, 5.74) is 3.53. The molecule has 0 bridgehead atoms. The van der Waals surface area contributed by atoms with Crippen molar-refractivity contribution in [3.05, 3.63) is 53.4 Å². The maximum absolute atomic E-state index is 13.9. The summed E-state index contributed by atoms with van der Waals surface area (Å²) in [5.74, 6) is 0.836. The van der Waals surface area contributed by atoms with Gasteiger partial charge in [-0.25, -0.2) is 9.37 Å². The molecule has 0 amide bonds. The van der Waals surface area contributed by atoms with Crippen molar-refractivity contribution in [2.24, 2.45) is 0 Å². The minimum absolute atomic E-state index is 0.236.